The Morgan fingerprint density at radius 2 is 1.93 bits per heavy atom. The third kappa shape index (κ3) is 3.89. The highest BCUT2D eigenvalue weighted by Crippen LogP contribution is 2.39. The lowest BCUT2D eigenvalue weighted by molar-refractivity contribution is 0.0992. The number of halogens is 1. The zero-order valence-electron chi connectivity index (χ0n) is 16.3. The summed E-state index contributed by atoms with van der Waals surface area (Å²) in [5.74, 6) is 0.526. The van der Waals surface area contributed by atoms with Crippen LogP contribution in [0.15, 0.2) is 27.7 Å². The number of benzene rings is 1. The molecule has 8 heteroatoms. The maximum absolute atomic E-state index is 12.9. The summed E-state index contributed by atoms with van der Waals surface area (Å²) in [6.07, 6.45) is 1.28. The highest BCUT2D eigenvalue weighted by molar-refractivity contribution is 6.31. The molecular formula is C20H23ClN4O3. The van der Waals surface area contributed by atoms with Crippen LogP contribution >= 0.6 is 11.6 Å². The second kappa shape index (κ2) is 7.31. The quantitative estimate of drug-likeness (QED) is 0.670. The minimum absolute atomic E-state index is 0.132. The number of nitrogens with zero attached hydrogens (tertiary/aromatic N) is 1. The molecule has 1 aliphatic carbocycles. The van der Waals surface area contributed by atoms with E-state index in [1.165, 1.54) is 0 Å². The fraction of sp³-hybridized carbons (Fsp3) is 0.350. The Kier molecular flexibility index (Phi) is 5.21. The summed E-state index contributed by atoms with van der Waals surface area (Å²) in [7, 11) is 0. The molecular weight excluding hydrogens is 380 g/mol. The van der Waals surface area contributed by atoms with Gasteiger partial charge in [-0.05, 0) is 43.4 Å². The maximum atomic E-state index is 12.9. The third-order valence-electron chi connectivity index (χ3n) is 4.82. The molecule has 2 aromatic rings. The number of anilines is 1. The molecule has 1 aliphatic rings. The van der Waals surface area contributed by atoms with Crippen LogP contribution in [0.25, 0.3) is 0 Å². The largest absolute Gasteiger partial charge is 0.455 e. The van der Waals surface area contributed by atoms with Crippen molar-refractivity contribution in [3.63, 3.8) is 0 Å². The average Bonchev–Trinajstić information content (AvgIpc) is 2.92. The molecule has 1 aromatic heterocycles. The van der Waals surface area contributed by atoms with E-state index < -0.39 is 6.03 Å². The van der Waals surface area contributed by atoms with Gasteiger partial charge in [0.2, 0.25) is 0 Å². The first kappa shape index (κ1) is 19.9. The van der Waals surface area contributed by atoms with Gasteiger partial charge in [-0.15, -0.1) is 0 Å². The number of hydrogen-bond donors (Lipinski definition) is 3. The topological polar surface area (TPSA) is 110 Å². The van der Waals surface area contributed by atoms with Gasteiger partial charge in [-0.2, -0.15) is 5.10 Å². The fourth-order valence-corrected chi connectivity index (χ4v) is 3.65. The highest BCUT2D eigenvalue weighted by atomic mass is 35.5. The van der Waals surface area contributed by atoms with E-state index in [1.54, 1.807) is 25.1 Å². The van der Waals surface area contributed by atoms with Crippen LogP contribution in [0.4, 0.5) is 10.5 Å². The Labute approximate surface area is 168 Å². The molecule has 0 spiro atoms. The Bertz CT molecular complexity index is 992. The van der Waals surface area contributed by atoms with Crippen molar-refractivity contribution in [2.24, 2.45) is 16.3 Å². The van der Waals surface area contributed by atoms with Crippen molar-refractivity contribution in [3.05, 3.63) is 51.4 Å². The summed E-state index contributed by atoms with van der Waals surface area (Å²) in [6.45, 7) is 7.78. The smallest absolute Gasteiger partial charge is 0.332 e. The monoisotopic (exact) mass is 402 g/mol. The summed E-state index contributed by atoms with van der Waals surface area (Å²) >= 11 is 6.13. The number of nitrogens with two attached hydrogens (primary N) is 1. The summed E-state index contributed by atoms with van der Waals surface area (Å²) in [5, 5.41) is 7.57. The lowest BCUT2D eigenvalue weighted by atomic mass is 9.75. The van der Waals surface area contributed by atoms with Gasteiger partial charge in [0.05, 0.1) is 5.71 Å². The molecule has 148 valence electrons. The molecule has 1 heterocycles. The molecule has 0 bridgehead atoms. The van der Waals surface area contributed by atoms with Gasteiger partial charge >= 0.3 is 6.03 Å². The number of primary amides is 1. The van der Waals surface area contributed by atoms with E-state index in [2.05, 4.69) is 29.7 Å². The Morgan fingerprint density at radius 1 is 1.21 bits per heavy atom. The van der Waals surface area contributed by atoms with Crippen LogP contribution in [0, 0.1) is 19.3 Å². The van der Waals surface area contributed by atoms with Crippen molar-refractivity contribution in [2.75, 3.05) is 5.32 Å². The molecule has 0 radical (unpaired) electrons. The predicted molar refractivity (Wildman–Crippen MR) is 109 cm³/mol. The predicted octanol–water partition coefficient (Wildman–Crippen LogP) is 4.15. The Morgan fingerprint density at radius 3 is 2.61 bits per heavy atom. The second-order valence-electron chi connectivity index (χ2n) is 7.77. The Balaban J connectivity index is 1.99. The van der Waals surface area contributed by atoms with Crippen LogP contribution in [0.2, 0.25) is 5.02 Å². The maximum Gasteiger partial charge on any atom is 0.332 e. The number of hydrazone groups is 1. The number of carbonyl (C=O) groups is 2. The minimum atomic E-state index is -0.743. The van der Waals surface area contributed by atoms with Crippen LogP contribution < -0.4 is 16.5 Å². The van der Waals surface area contributed by atoms with Crippen LogP contribution in [0.3, 0.4) is 0 Å². The van der Waals surface area contributed by atoms with Crippen LogP contribution in [-0.2, 0) is 6.42 Å². The first-order valence-electron chi connectivity index (χ1n) is 8.90. The molecule has 0 aliphatic heterocycles. The van der Waals surface area contributed by atoms with E-state index in [1.807, 2.05) is 6.92 Å². The van der Waals surface area contributed by atoms with Gasteiger partial charge in [-0.3, -0.25) is 4.79 Å². The summed E-state index contributed by atoms with van der Waals surface area (Å²) in [6, 6.07) is 4.57. The number of carbonyl (C=O) groups excluding carboxylic acids is 2. The lowest BCUT2D eigenvalue weighted by Crippen LogP contribution is -2.31. The number of nitrogens with one attached hydrogen (secondary N) is 2. The van der Waals surface area contributed by atoms with Crippen molar-refractivity contribution in [3.8, 4) is 0 Å². The number of urea groups is 1. The average molecular weight is 403 g/mol. The fourth-order valence-electron chi connectivity index (χ4n) is 3.47. The number of amides is 3. The minimum Gasteiger partial charge on any atom is -0.455 e. The number of furan rings is 1. The van der Waals surface area contributed by atoms with Crippen molar-refractivity contribution >= 4 is 34.9 Å². The van der Waals surface area contributed by atoms with E-state index in [9.17, 15) is 9.59 Å². The van der Waals surface area contributed by atoms with Gasteiger partial charge in [0.15, 0.2) is 5.76 Å². The lowest BCUT2D eigenvalue weighted by Gasteiger charge is -2.29. The molecule has 0 saturated heterocycles. The van der Waals surface area contributed by atoms with Gasteiger partial charge in [-0.25, -0.2) is 10.2 Å². The first-order chi connectivity index (χ1) is 13.1. The van der Waals surface area contributed by atoms with Crippen molar-refractivity contribution < 1.29 is 14.0 Å². The zero-order valence-corrected chi connectivity index (χ0v) is 17.0. The van der Waals surface area contributed by atoms with Crippen molar-refractivity contribution in [1.82, 2.24) is 5.43 Å². The van der Waals surface area contributed by atoms with Gasteiger partial charge in [0.25, 0.3) is 5.91 Å². The summed E-state index contributed by atoms with van der Waals surface area (Å²) in [5.41, 5.74) is 10.8. The molecule has 0 fully saturated rings. The molecule has 0 unspecified atom stereocenters. The van der Waals surface area contributed by atoms with Crippen LogP contribution in [-0.4, -0.2) is 17.6 Å². The molecule has 28 heavy (non-hydrogen) atoms. The highest BCUT2D eigenvalue weighted by Gasteiger charge is 2.36. The third-order valence-corrected chi connectivity index (χ3v) is 5.23. The van der Waals surface area contributed by atoms with Crippen LogP contribution in [0.1, 0.15) is 53.3 Å². The van der Waals surface area contributed by atoms with Crippen molar-refractivity contribution in [2.45, 2.75) is 40.5 Å². The van der Waals surface area contributed by atoms with E-state index in [0.717, 1.165) is 11.1 Å². The van der Waals surface area contributed by atoms with Gasteiger partial charge in [-0.1, -0.05) is 31.5 Å². The van der Waals surface area contributed by atoms with Crippen LogP contribution in [0.5, 0.6) is 0 Å². The molecule has 0 atom stereocenters. The molecule has 0 saturated carbocycles. The molecule has 3 rings (SSSR count). The molecule has 4 N–H and O–H groups in total. The van der Waals surface area contributed by atoms with E-state index in [4.69, 9.17) is 21.8 Å². The van der Waals surface area contributed by atoms with E-state index in [-0.39, 0.29) is 17.1 Å². The van der Waals surface area contributed by atoms with Gasteiger partial charge in [0.1, 0.15) is 5.76 Å². The molecule has 3 amide bonds. The molecule has 1 aromatic carbocycles. The number of rotatable bonds is 3. The van der Waals surface area contributed by atoms with E-state index >= 15 is 0 Å². The number of hydrogen-bond acceptors (Lipinski definition) is 4. The normalized spacial score (nSPS) is 16.5. The zero-order chi connectivity index (χ0) is 20.6. The SMILES string of the molecule is Cc1c(Cl)cccc1NC(=O)c1oc2c(c1C)/C(=N\NC(N)=O)CC(C)(C)C2. The molecule has 7 nitrogen and oxygen atoms in total. The Hall–Kier alpha value is -2.80. The standard InChI is InChI=1S/C20H23ClN4O3/c1-10-12(21)6-5-7-13(10)23-18(26)17-11(2)16-14(24-25-19(22)27)8-20(3,4)9-15(16)28-17/h5-7H,8-9H2,1-4H3,(H,23,26)(H3,22,25,27)/b24-14-. The number of fused-ring (bicyclic) bond motifs is 1. The first-order valence-corrected chi connectivity index (χ1v) is 9.28. The van der Waals surface area contributed by atoms with Gasteiger partial charge in [0, 0.05) is 28.3 Å². The van der Waals surface area contributed by atoms with Crippen molar-refractivity contribution in [1.29, 1.82) is 0 Å². The van der Waals surface area contributed by atoms with Gasteiger partial charge < -0.3 is 15.5 Å². The second-order valence-corrected chi connectivity index (χ2v) is 8.18. The summed E-state index contributed by atoms with van der Waals surface area (Å²) in [4.78, 5) is 24.0. The van der Waals surface area contributed by atoms with E-state index in [0.29, 0.717) is 40.6 Å². The summed E-state index contributed by atoms with van der Waals surface area (Å²) < 4.78 is 5.94.